The second-order valence-electron chi connectivity index (χ2n) is 6.05. The number of anilines is 3. The van der Waals surface area contributed by atoms with Crippen LogP contribution in [0, 0.1) is 0 Å². The van der Waals surface area contributed by atoms with E-state index in [1.165, 1.54) is 6.20 Å². The molecule has 1 unspecified atom stereocenters. The first-order chi connectivity index (χ1) is 13.0. The smallest absolute Gasteiger partial charge is 0.254 e. The van der Waals surface area contributed by atoms with Crippen molar-refractivity contribution >= 4 is 34.3 Å². The summed E-state index contributed by atoms with van der Waals surface area (Å²) in [5.74, 6) is 0.00239. The highest BCUT2D eigenvalue weighted by molar-refractivity contribution is 6.00. The number of carbonyl (C=O) groups excluding carboxylic acids is 1. The third-order valence-electron chi connectivity index (χ3n) is 4.00. The van der Waals surface area contributed by atoms with Crippen molar-refractivity contribution in [1.29, 1.82) is 0 Å². The van der Waals surface area contributed by atoms with E-state index in [4.69, 9.17) is 16.2 Å². The molecule has 3 aromatic rings. The predicted octanol–water partition coefficient (Wildman–Crippen LogP) is 0.591. The SMILES string of the molecule is COCC(N)CNc1ncc(C(N)=O)c(Nc2cccc3c2cnn3C)n1. The molecule has 3 rings (SSSR count). The molecule has 0 bridgehead atoms. The Hall–Kier alpha value is -3.24. The zero-order chi connectivity index (χ0) is 19.4. The normalized spacial score (nSPS) is 12.1. The summed E-state index contributed by atoms with van der Waals surface area (Å²) >= 11 is 0. The minimum absolute atomic E-state index is 0.183. The summed E-state index contributed by atoms with van der Waals surface area (Å²) in [5.41, 5.74) is 13.2. The van der Waals surface area contributed by atoms with Gasteiger partial charge in [0.2, 0.25) is 5.95 Å². The van der Waals surface area contributed by atoms with E-state index < -0.39 is 5.91 Å². The molecular weight excluding hydrogens is 348 g/mol. The molecule has 0 radical (unpaired) electrons. The average Bonchev–Trinajstić information content (AvgIpc) is 3.02. The summed E-state index contributed by atoms with van der Waals surface area (Å²) in [6.45, 7) is 0.821. The molecule has 10 nitrogen and oxygen atoms in total. The molecule has 27 heavy (non-hydrogen) atoms. The Labute approximate surface area is 155 Å². The molecule has 2 heterocycles. The fourth-order valence-corrected chi connectivity index (χ4v) is 2.65. The maximum absolute atomic E-state index is 11.8. The van der Waals surface area contributed by atoms with Gasteiger partial charge in [-0.3, -0.25) is 9.48 Å². The number of nitrogens with two attached hydrogens (primary N) is 2. The molecule has 1 atom stereocenters. The number of carbonyl (C=O) groups is 1. The first-order valence-corrected chi connectivity index (χ1v) is 8.32. The van der Waals surface area contributed by atoms with Crippen molar-refractivity contribution in [1.82, 2.24) is 19.7 Å². The third-order valence-corrected chi connectivity index (χ3v) is 4.00. The number of ether oxygens (including phenoxy) is 1. The van der Waals surface area contributed by atoms with E-state index in [0.717, 1.165) is 16.6 Å². The topological polar surface area (TPSA) is 146 Å². The number of methoxy groups -OCH3 is 1. The van der Waals surface area contributed by atoms with E-state index >= 15 is 0 Å². The lowest BCUT2D eigenvalue weighted by atomic mass is 10.2. The van der Waals surface area contributed by atoms with Gasteiger partial charge in [-0.25, -0.2) is 4.98 Å². The van der Waals surface area contributed by atoms with Crippen LogP contribution in [0.5, 0.6) is 0 Å². The highest BCUT2D eigenvalue weighted by Crippen LogP contribution is 2.27. The lowest BCUT2D eigenvalue weighted by Crippen LogP contribution is -2.33. The van der Waals surface area contributed by atoms with Crippen LogP contribution in [0.2, 0.25) is 0 Å². The summed E-state index contributed by atoms with van der Waals surface area (Å²) in [7, 11) is 3.44. The Bertz CT molecular complexity index is 955. The van der Waals surface area contributed by atoms with Gasteiger partial charge in [-0.2, -0.15) is 10.1 Å². The molecule has 6 N–H and O–H groups in total. The van der Waals surface area contributed by atoms with Crippen LogP contribution in [-0.4, -0.2) is 52.0 Å². The Morgan fingerprint density at radius 2 is 2.19 bits per heavy atom. The summed E-state index contributed by atoms with van der Waals surface area (Å²) in [6, 6.07) is 5.50. The van der Waals surface area contributed by atoms with Gasteiger partial charge < -0.3 is 26.8 Å². The largest absolute Gasteiger partial charge is 0.383 e. The summed E-state index contributed by atoms with van der Waals surface area (Å²) in [4.78, 5) is 20.3. The molecule has 1 aromatic carbocycles. The number of rotatable bonds is 8. The van der Waals surface area contributed by atoms with Gasteiger partial charge in [0.05, 0.1) is 24.0 Å². The van der Waals surface area contributed by atoms with E-state index in [2.05, 4.69) is 25.7 Å². The minimum atomic E-state index is -0.626. The van der Waals surface area contributed by atoms with Gasteiger partial charge in [-0.15, -0.1) is 0 Å². The standard InChI is InChI=1S/C17H22N8O2/c1-25-14-5-3-4-13(11(14)8-22-25)23-16-12(15(19)26)7-21-17(24-16)20-6-10(18)9-27-2/h3-5,7-8,10H,6,9,18H2,1-2H3,(H2,19,26)(H2,20,21,23,24). The number of fused-ring (bicyclic) bond motifs is 1. The van der Waals surface area contributed by atoms with Crippen molar-refractivity contribution < 1.29 is 9.53 Å². The zero-order valence-electron chi connectivity index (χ0n) is 15.1. The highest BCUT2D eigenvalue weighted by Gasteiger charge is 2.15. The molecule has 1 amide bonds. The molecule has 10 heteroatoms. The molecular formula is C17H22N8O2. The Kier molecular flexibility index (Phi) is 5.48. The van der Waals surface area contributed by atoms with Gasteiger partial charge in [0.15, 0.2) is 0 Å². The number of nitrogens with one attached hydrogen (secondary N) is 2. The van der Waals surface area contributed by atoms with E-state index in [0.29, 0.717) is 24.9 Å². The van der Waals surface area contributed by atoms with Crippen molar-refractivity contribution in [3.8, 4) is 0 Å². The molecule has 142 valence electrons. The molecule has 0 aliphatic carbocycles. The average molecular weight is 370 g/mol. The fourth-order valence-electron chi connectivity index (χ4n) is 2.65. The van der Waals surface area contributed by atoms with Crippen LogP contribution in [-0.2, 0) is 11.8 Å². The van der Waals surface area contributed by atoms with Gasteiger partial charge in [0.25, 0.3) is 5.91 Å². The Morgan fingerprint density at radius 1 is 1.37 bits per heavy atom. The van der Waals surface area contributed by atoms with Gasteiger partial charge in [0.1, 0.15) is 11.4 Å². The van der Waals surface area contributed by atoms with E-state index in [1.54, 1.807) is 18.0 Å². The van der Waals surface area contributed by atoms with E-state index in [-0.39, 0.29) is 11.6 Å². The van der Waals surface area contributed by atoms with Crippen molar-refractivity contribution in [3.05, 3.63) is 36.2 Å². The summed E-state index contributed by atoms with van der Waals surface area (Å²) < 4.78 is 6.76. The number of amides is 1. The minimum Gasteiger partial charge on any atom is -0.383 e. The van der Waals surface area contributed by atoms with Crippen molar-refractivity contribution in [2.75, 3.05) is 30.9 Å². The number of hydrogen-bond acceptors (Lipinski definition) is 8. The van der Waals surface area contributed by atoms with Crippen LogP contribution >= 0.6 is 0 Å². The van der Waals surface area contributed by atoms with Crippen LogP contribution in [0.4, 0.5) is 17.5 Å². The van der Waals surface area contributed by atoms with Gasteiger partial charge >= 0.3 is 0 Å². The predicted molar refractivity (Wildman–Crippen MR) is 103 cm³/mol. The molecule has 0 saturated heterocycles. The first-order valence-electron chi connectivity index (χ1n) is 8.32. The van der Waals surface area contributed by atoms with Crippen LogP contribution in [0.15, 0.2) is 30.6 Å². The van der Waals surface area contributed by atoms with Crippen molar-refractivity contribution in [2.24, 2.45) is 18.5 Å². The quantitative estimate of drug-likeness (QED) is 0.451. The third kappa shape index (κ3) is 4.13. The fraction of sp³-hybridized carbons (Fsp3) is 0.294. The van der Waals surface area contributed by atoms with Crippen LogP contribution in [0.3, 0.4) is 0 Å². The number of hydrogen-bond donors (Lipinski definition) is 4. The van der Waals surface area contributed by atoms with Crippen LogP contribution in [0.25, 0.3) is 10.9 Å². The molecule has 0 saturated carbocycles. The number of aryl methyl sites for hydroxylation is 1. The maximum Gasteiger partial charge on any atom is 0.254 e. The van der Waals surface area contributed by atoms with Crippen LogP contribution < -0.4 is 22.1 Å². The second-order valence-corrected chi connectivity index (χ2v) is 6.05. The number of aromatic nitrogens is 4. The lowest BCUT2D eigenvalue weighted by Gasteiger charge is -2.14. The second kappa shape index (κ2) is 7.98. The molecule has 0 spiro atoms. The van der Waals surface area contributed by atoms with Gasteiger partial charge in [-0.05, 0) is 12.1 Å². The molecule has 2 aromatic heterocycles. The zero-order valence-corrected chi connectivity index (χ0v) is 15.1. The molecule has 0 aliphatic rings. The monoisotopic (exact) mass is 370 g/mol. The highest BCUT2D eigenvalue weighted by atomic mass is 16.5. The van der Waals surface area contributed by atoms with E-state index in [9.17, 15) is 4.79 Å². The van der Waals surface area contributed by atoms with Crippen LogP contribution in [0.1, 0.15) is 10.4 Å². The van der Waals surface area contributed by atoms with Crippen molar-refractivity contribution in [3.63, 3.8) is 0 Å². The molecule has 0 aliphatic heterocycles. The number of primary amides is 1. The first kappa shape index (κ1) is 18.5. The van der Waals surface area contributed by atoms with Gasteiger partial charge in [0, 0.05) is 38.3 Å². The van der Waals surface area contributed by atoms with Gasteiger partial charge in [-0.1, -0.05) is 6.07 Å². The Balaban J connectivity index is 1.90. The van der Waals surface area contributed by atoms with Crippen molar-refractivity contribution in [2.45, 2.75) is 6.04 Å². The number of nitrogens with zero attached hydrogens (tertiary/aromatic N) is 4. The summed E-state index contributed by atoms with van der Waals surface area (Å²) in [6.07, 6.45) is 3.12. The summed E-state index contributed by atoms with van der Waals surface area (Å²) in [5, 5.41) is 11.3. The molecule has 0 fully saturated rings. The lowest BCUT2D eigenvalue weighted by molar-refractivity contribution is 0.100. The van der Waals surface area contributed by atoms with E-state index in [1.807, 2.05) is 25.2 Å². The Morgan fingerprint density at radius 3 is 2.93 bits per heavy atom. The number of benzene rings is 1. The maximum atomic E-state index is 11.8.